The lowest BCUT2D eigenvalue weighted by atomic mass is 10.1. The second-order valence-corrected chi connectivity index (χ2v) is 4.84. The normalized spacial score (nSPS) is 11.7. The van der Waals surface area contributed by atoms with Gasteiger partial charge in [-0.2, -0.15) is 0 Å². The minimum Gasteiger partial charge on any atom is -0.392 e. The van der Waals surface area contributed by atoms with Crippen molar-refractivity contribution in [3.8, 4) is 0 Å². The number of carbonyl (C=O) groups excluding carboxylic acids is 1. The number of benzene rings is 2. The van der Waals surface area contributed by atoms with Crippen LogP contribution in [-0.2, 0) is 6.61 Å². The molecule has 2 amide bonds. The van der Waals surface area contributed by atoms with E-state index < -0.39 is 6.03 Å². The average Bonchev–Trinajstić information content (AvgIpc) is 2.47. The van der Waals surface area contributed by atoms with Crippen LogP contribution in [0.4, 0.5) is 16.2 Å². The molecule has 5 nitrogen and oxygen atoms in total. The molecule has 2 rings (SSSR count). The Bertz CT molecular complexity index is 611. The summed E-state index contributed by atoms with van der Waals surface area (Å²) in [5, 5.41) is 15.0. The van der Waals surface area contributed by atoms with Crippen LogP contribution in [0, 0.1) is 0 Å². The molecule has 0 bridgehead atoms. The van der Waals surface area contributed by atoms with Crippen LogP contribution in [0.1, 0.15) is 24.1 Å². The Hall–Kier alpha value is -2.53. The summed E-state index contributed by atoms with van der Waals surface area (Å²) in [6.45, 7) is 2.07. The summed E-state index contributed by atoms with van der Waals surface area (Å²) in [6, 6.07) is 14.7. The van der Waals surface area contributed by atoms with Gasteiger partial charge in [0, 0.05) is 17.4 Å². The number of rotatable bonds is 5. The number of urea groups is 1. The summed E-state index contributed by atoms with van der Waals surface area (Å²) in [6.07, 6.45) is 0. The molecule has 1 unspecified atom stereocenters. The summed E-state index contributed by atoms with van der Waals surface area (Å²) in [7, 11) is 0. The molecule has 2 aromatic rings. The van der Waals surface area contributed by atoms with E-state index in [4.69, 9.17) is 10.8 Å². The molecule has 21 heavy (non-hydrogen) atoms. The van der Waals surface area contributed by atoms with Crippen LogP contribution in [0.2, 0.25) is 0 Å². The number of hydrogen-bond donors (Lipinski definition) is 4. The zero-order valence-electron chi connectivity index (χ0n) is 11.8. The van der Waals surface area contributed by atoms with E-state index >= 15 is 0 Å². The highest BCUT2D eigenvalue weighted by atomic mass is 16.3. The summed E-state index contributed by atoms with van der Waals surface area (Å²) in [5.74, 6) is 0. The third-order valence-electron chi connectivity index (χ3n) is 3.17. The molecule has 0 heterocycles. The van der Waals surface area contributed by atoms with Crippen LogP contribution in [0.5, 0.6) is 0 Å². The van der Waals surface area contributed by atoms with E-state index in [1.165, 1.54) is 0 Å². The Morgan fingerprint density at radius 2 is 1.90 bits per heavy atom. The molecule has 0 aliphatic rings. The average molecular weight is 285 g/mol. The molecular formula is C16H19N3O2. The molecule has 2 aromatic carbocycles. The van der Waals surface area contributed by atoms with E-state index in [0.29, 0.717) is 5.69 Å². The highest BCUT2D eigenvalue weighted by molar-refractivity contribution is 5.87. The van der Waals surface area contributed by atoms with Crippen LogP contribution < -0.4 is 16.4 Å². The molecule has 0 saturated carbocycles. The maximum absolute atomic E-state index is 10.8. The van der Waals surface area contributed by atoms with Gasteiger partial charge in [-0.15, -0.1) is 0 Å². The van der Waals surface area contributed by atoms with Crippen LogP contribution in [0.3, 0.4) is 0 Å². The van der Waals surface area contributed by atoms with Crippen LogP contribution in [0.15, 0.2) is 48.5 Å². The highest BCUT2D eigenvalue weighted by Gasteiger charge is 2.06. The van der Waals surface area contributed by atoms with Gasteiger partial charge in [-0.1, -0.05) is 24.3 Å². The van der Waals surface area contributed by atoms with Gasteiger partial charge in [-0.3, -0.25) is 0 Å². The molecule has 5 heteroatoms. The van der Waals surface area contributed by atoms with Gasteiger partial charge in [-0.25, -0.2) is 4.79 Å². The second-order valence-electron chi connectivity index (χ2n) is 4.84. The van der Waals surface area contributed by atoms with Crippen LogP contribution in [-0.4, -0.2) is 11.1 Å². The van der Waals surface area contributed by atoms with E-state index in [1.54, 1.807) is 0 Å². The van der Waals surface area contributed by atoms with Crippen molar-refractivity contribution in [3.63, 3.8) is 0 Å². The number of aliphatic hydroxyl groups is 1. The number of aliphatic hydroxyl groups excluding tert-OH is 1. The van der Waals surface area contributed by atoms with E-state index in [0.717, 1.165) is 16.8 Å². The van der Waals surface area contributed by atoms with Crippen LogP contribution >= 0.6 is 0 Å². The summed E-state index contributed by atoms with van der Waals surface area (Å²) in [5.41, 5.74) is 8.64. The van der Waals surface area contributed by atoms with E-state index in [9.17, 15) is 4.79 Å². The maximum atomic E-state index is 10.8. The molecule has 0 saturated heterocycles. The molecule has 0 fully saturated rings. The fraction of sp³-hybridized carbons (Fsp3) is 0.188. The van der Waals surface area contributed by atoms with Crippen molar-refractivity contribution >= 4 is 17.4 Å². The van der Waals surface area contributed by atoms with Gasteiger partial charge >= 0.3 is 6.03 Å². The molecule has 0 aromatic heterocycles. The van der Waals surface area contributed by atoms with E-state index in [-0.39, 0.29) is 12.6 Å². The van der Waals surface area contributed by atoms with E-state index in [1.807, 2.05) is 55.5 Å². The van der Waals surface area contributed by atoms with Gasteiger partial charge in [0.2, 0.25) is 0 Å². The first-order valence-corrected chi connectivity index (χ1v) is 6.71. The molecule has 0 radical (unpaired) electrons. The first-order chi connectivity index (χ1) is 10.1. The van der Waals surface area contributed by atoms with E-state index in [2.05, 4.69) is 10.6 Å². The number of nitrogens with one attached hydrogen (secondary N) is 2. The van der Waals surface area contributed by atoms with Crippen molar-refractivity contribution in [3.05, 3.63) is 59.7 Å². The van der Waals surface area contributed by atoms with Crippen molar-refractivity contribution in [2.75, 3.05) is 10.6 Å². The van der Waals surface area contributed by atoms with Crippen molar-refractivity contribution in [2.45, 2.75) is 19.6 Å². The maximum Gasteiger partial charge on any atom is 0.316 e. The molecule has 0 aliphatic carbocycles. The van der Waals surface area contributed by atoms with Crippen molar-refractivity contribution in [2.24, 2.45) is 5.73 Å². The fourth-order valence-corrected chi connectivity index (χ4v) is 2.09. The molecule has 1 atom stereocenters. The monoisotopic (exact) mass is 285 g/mol. The zero-order valence-corrected chi connectivity index (χ0v) is 11.8. The predicted molar refractivity (Wildman–Crippen MR) is 84.1 cm³/mol. The Labute approximate surface area is 123 Å². The Kier molecular flexibility index (Phi) is 4.79. The van der Waals surface area contributed by atoms with Crippen molar-refractivity contribution < 1.29 is 9.90 Å². The molecule has 110 valence electrons. The standard InChI is InChI=1S/C16H19N3O2/c1-11(18-15-4-2-3-12(9-15)10-20)13-5-7-14(8-6-13)19-16(17)21/h2-9,11,18,20H,10H2,1H3,(H3,17,19,21). The summed E-state index contributed by atoms with van der Waals surface area (Å²) in [4.78, 5) is 10.8. The van der Waals surface area contributed by atoms with Gasteiger partial charge in [-0.05, 0) is 42.3 Å². The molecule has 5 N–H and O–H groups in total. The van der Waals surface area contributed by atoms with Crippen LogP contribution in [0.25, 0.3) is 0 Å². The lowest BCUT2D eigenvalue weighted by molar-refractivity contribution is 0.259. The third-order valence-corrected chi connectivity index (χ3v) is 3.17. The lowest BCUT2D eigenvalue weighted by Gasteiger charge is -2.16. The smallest absolute Gasteiger partial charge is 0.316 e. The number of amides is 2. The SMILES string of the molecule is CC(Nc1cccc(CO)c1)c1ccc(NC(N)=O)cc1. The topological polar surface area (TPSA) is 87.4 Å². The van der Waals surface area contributed by atoms with Gasteiger partial charge in [0.15, 0.2) is 0 Å². The van der Waals surface area contributed by atoms with Crippen molar-refractivity contribution in [1.29, 1.82) is 0 Å². The van der Waals surface area contributed by atoms with Gasteiger partial charge in [0.25, 0.3) is 0 Å². The molecular weight excluding hydrogens is 266 g/mol. The summed E-state index contributed by atoms with van der Waals surface area (Å²) < 4.78 is 0. The van der Waals surface area contributed by atoms with Gasteiger partial charge < -0.3 is 21.5 Å². The molecule has 0 aliphatic heterocycles. The Morgan fingerprint density at radius 3 is 2.52 bits per heavy atom. The molecule has 0 spiro atoms. The minimum atomic E-state index is -0.574. The fourth-order valence-electron chi connectivity index (χ4n) is 2.09. The minimum absolute atomic E-state index is 0.0252. The Morgan fingerprint density at radius 1 is 1.19 bits per heavy atom. The third kappa shape index (κ3) is 4.22. The lowest BCUT2D eigenvalue weighted by Crippen LogP contribution is -2.19. The first-order valence-electron chi connectivity index (χ1n) is 6.71. The van der Waals surface area contributed by atoms with Gasteiger partial charge in [0.05, 0.1) is 6.61 Å². The zero-order chi connectivity index (χ0) is 15.2. The first kappa shape index (κ1) is 14.9. The second kappa shape index (κ2) is 6.76. The number of carbonyl (C=O) groups is 1. The Balaban J connectivity index is 2.05. The summed E-state index contributed by atoms with van der Waals surface area (Å²) >= 11 is 0. The number of nitrogens with two attached hydrogens (primary N) is 1. The largest absolute Gasteiger partial charge is 0.392 e. The quantitative estimate of drug-likeness (QED) is 0.681. The van der Waals surface area contributed by atoms with Gasteiger partial charge in [0.1, 0.15) is 0 Å². The number of primary amides is 1. The van der Waals surface area contributed by atoms with Crippen molar-refractivity contribution in [1.82, 2.24) is 0 Å². The number of hydrogen-bond acceptors (Lipinski definition) is 3. The predicted octanol–water partition coefficient (Wildman–Crippen LogP) is 2.84. The number of anilines is 2. The highest BCUT2D eigenvalue weighted by Crippen LogP contribution is 2.21.